The molecule has 0 N–H and O–H groups in total. The summed E-state index contributed by atoms with van der Waals surface area (Å²) in [4.78, 5) is 34.9. The van der Waals surface area contributed by atoms with Crippen LogP contribution in [0.1, 0.15) is 56.8 Å². The van der Waals surface area contributed by atoms with Crippen LogP contribution in [0, 0.1) is 10.1 Å². The van der Waals surface area contributed by atoms with Crippen molar-refractivity contribution < 1.29 is 19.2 Å². The summed E-state index contributed by atoms with van der Waals surface area (Å²) in [5.74, 6) is -1.07. The van der Waals surface area contributed by atoms with Crippen molar-refractivity contribution >= 4 is 11.8 Å². The van der Waals surface area contributed by atoms with Crippen molar-refractivity contribution in [2.24, 2.45) is 0 Å². The van der Waals surface area contributed by atoms with Gasteiger partial charge in [0.1, 0.15) is 6.10 Å². The summed E-state index contributed by atoms with van der Waals surface area (Å²) in [6.45, 7) is 4.54. The van der Waals surface area contributed by atoms with Crippen LogP contribution in [-0.4, -0.2) is 28.3 Å². The molecule has 0 fully saturated rings. The van der Waals surface area contributed by atoms with Crippen molar-refractivity contribution in [2.45, 2.75) is 58.1 Å². The fraction of sp³-hybridized carbons (Fsp3) is 0.529. The van der Waals surface area contributed by atoms with Gasteiger partial charge in [-0.3, -0.25) is 19.7 Å². The normalized spacial score (nSPS) is 14.6. The van der Waals surface area contributed by atoms with Gasteiger partial charge in [-0.15, -0.1) is 0 Å². The Morgan fingerprint density at radius 1 is 1.30 bits per heavy atom. The zero-order chi connectivity index (χ0) is 17.5. The second-order valence-corrected chi connectivity index (χ2v) is 5.80. The van der Waals surface area contributed by atoms with Gasteiger partial charge in [0.15, 0.2) is 0 Å². The number of ketones is 1. The number of ether oxygens (including phenoxy) is 1. The van der Waals surface area contributed by atoms with Crippen molar-refractivity contribution in [3.8, 4) is 0 Å². The molecule has 0 bridgehead atoms. The van der Waals surface area contributed by atoms with Crippen LogP contribution in [0.5, 0.6) is 0 Å². The predicted molar refractivity (Wildman–Crippen MR) is 85.9 cm³/mol. The molecule has 0 amide bonds. The van der Waals surface area contributed by atoms with E-state index in [1.807, 2.05) is 6.92 Å². The van der Waals surface area contributed by atoms with E-state index < -0.39 is 28.3 Å². The van der Waals surface area contributed by atoms with Crippen molar-refractivity contribution in [1.29, 1.82) is 0 Å². The Morgan fingerprint density at radius 2 is 1.91 bits per heavy atom. The lowest BCUT2D eigenvalue weighted by atomic mass is 9.85. The van der Waals surface area contributed by atoms with E-state index >= 15 is 0 Å². The van der Waals surface area contributed by atoms with Crippen LogP contribution >= 0.6 is 0 Å². The SMILES string of the molecule is CCCC[C@@H](C[C@](C)(C(=O)c1ccccc1)[N+](=O)[O-])OC(C)=O. The highest BCUT2D eigenvalue weighted by Crippen LogP contribution is 2.26. The lowest BCUT2D eigenvalue weighted by molar-refractivity contribution is -0.547. The number of hydrogen-bond donors (Lipinski definition) is 0. The van der Waals surface area contributed by atoms with Crippen LogP contribution in [0.2, 0.25) is 0 Å². The van der Waals surface area contributed by atoms with E-state index in [0.717, 1.165) is 12.8 Å². The van der Waals surface area contributed by atoms with Crippen molar-refractivity contribution in [3.63, 3.8) is 0 Å². The predicted octanol–water partition coefficient (Wildman–Crippen LogP) is 3.42. The average molecular weight is 321 g/mol. The Bertz CT molecular complexity index is 557. The van der Waals surface area contributed by atoms with Gasteiger partial charge in [-0.05, 0) is 6.42 Å². The number of carbonyl (C=O) groups excluding carboxylic acids is 2. The van der Waals surface area contributed by atoms with Gasteiger partial charge in [0, 0.05) is 24.3 Å². The zero-order valence-electron chi connectivity index (χ0n) is 13.8. The Hall–Kier alpha value is -2.24. The summed E-state index contributed by atoms with van der Waals surface area (Å²) in [6.07, 6.45) is 1.37. The summed E-state index contributed by atoms with van der Waals surface area (Å²) in [7, 11) is 0. The molecule has 0 aromatic heterocycles. The third-order valence-electron chi connectivity index (χ3n) is 3.77. The minimum atomic E-state index is -1.82. The lowest BCUT2D eigenvalue weighted by Gasteiger charge is -2.25. The molecular weight excluding hydrogens is 298 g/mol. The molecule has 23 heavy (non-hydrogen) atoms. The molecule has 0 aliphatic carbocycles. The topological polar surface area (TPSA) is 86.5 Å². The number of esters is 1. The standard InChI is InChI=1S/C17H23NO5/c1-4-5-11-15(23-13(2)19)12-17(3,18(21)22)16(20)14-9-7-6-8-10-14/h6-10,15H,4-5,11-12H2,1-3H3/t15-,17+/m0/s1. The molecule has 0 radical (unpaired) electrons. The van der Waals surface area contributed by atoms with E-state index in [-0.39, 0.29) is 12.0 Å². The lowest BCUT2D eigenvalue weighted by Crippen LogP contribution is -2.46. The first-order chi connectivity index (χ1) is 10.8. The first-order valence-corrected chi connectivity index (χ1v) is 7.72. The Morgan fingerprint density at radius 3 is 2.39 bits per heavy atom. The van der Waals surface area contributed by atoms with Crippen LogP contribution in [-0.2, 0) is 9.53 Å². The maximum absolute atomic E-state index is 12.6. The molecule has 126 valence electrons. The van der Waals surface area contributed by atoms with Crippen molar-refractivity contribution in [3.05, 3.63) is 46.0 Å². The summed E-state index contributed by atoms with van der Waals surface area (Å²) >= 11 is 0. The van der Waals surface area contributed by atoms with Gasteiger partial charge in [-0.25, -0.2) is 0 Å². The number of Topliss-reactive ketones (excluding diaryl/α,β-unsaturated/α-hetero) is 1. The second-order valence-electron chi connectivity index (χ2n) is 5.80. The van der Waals surface area contributed by atoms with Gasteiger partial charge >= 0.3 is 5.97 Å². The largest absolute Gasteiger partial charge is 0.462 e. The molecule has 0 spiro atoms. The van der Waals surface area contributed by atoms with Crippen molar-refractivity contribution in [2.75, 3.05) is 0 Å². The summed E-state index contributed by atoms with van der Waals surface area (Å²) in [5, 5.41) is 11.6. The highest BCUT2D eigenvalue weighted by Gasteiger charge is 2.48. The third kappa shape index (κ3) is 5.16. The first-order valence-electron chi connectivity index (χ1n) is 7.72. The number of nitro groups is 1. The molecule has 0 heterocycles. The molecular formula is C17H23NO5. The van der Waals surface area contributed by atoms with E-state index in [1.54, 1.807) is 30.3 Å². The Kier molecular flexibility index (Phi) is 6.88. The molecule has 6 heteroatoms. The molecule has 0 unspecified atom stereocenters. The van der Waals surface area contributed by atoms with E-state index in [1.165, 1.54) is 13.8 Å². The van der Waals surface area contributed by atoms with Crippen LogP contribution in [0.3, 0.4) is 0 Å². The first kappa shape index (κ1) is 18.8. The van der Waals surface area contributed by atoms with E-state index in [2.05, 4.69) is 0 Å². The minimum Gasteiger partial charge on any atom is -0.462 e. The fourth-order valence-corrected chi connectivity index (χ4v) is 2.46. The van der Waals surface area contributed by atoms with Gasteiger partial charge in [0.05, 0.1) is 6.42 Å². The minimum absolute atomic E-state index is 0.132. The summed E-state index contributed by atoms with van der Waals surface area (Å²) < 4.78 is 5.19. The fourth-order valence-electron chi connectivity index (χ4n) is 2.46. The number of unbranched alkanes of at least 4 members (excludes halogenated alkanes) is 1. The average Bonchev–Trinajstić information content (AvgIpc) is 2.51. The highest BCUT2D eigenvalue weighted by atomic mass is 16.6. The van der Waals surface area contributed by atoms with Gasteiger partial charge in [-0.2, -0.15) is 0 Å². The molecule has 0 saturated carbocycles. The van der Waals surface area contributed by atoms with Crippen LogP contribution in [0.25, 0.3) is 0 Å². The van der Waals surface area contributed by atoms with E-state index in [9.17, 15) is 19.7 Å². The molecule has 0 aliphatic rings. The van der Waals surface area contributed by atoms with Crippen LogP contribution < -0.4 is 0 Å². The summed E-state index contributed by atoms with van der Waals surface area (Å²) in [6, 6.07) is 8.17. The zero-order valence-corrected chi connectivity index (χ0v) is 13.8. The summed E-state index contributed by atoms with van der Waals surface area (Å²) in [5.41, 5.74) is -1.54. The smallest absolute Gasteiger partial charge is 0.302 e. The second kappa shape index (κ2) is 8.41. The van der Waals surface area contributed by atoms with Crippen LogP contribution in [0.4, 0.5) is 0 Å². The van der Waals surface area contributed by atoms with Crippen LogP contribution in [0.15, 0.2) is 30.3 Å². The van der Waals surface area contributed by atoms with E-state index in [0.29, 0.717) is 6.42 Å². The van der Waals surface area contributed by atoms with Gasteiger partial charge in [0.2, 0.25) is 5.78 Å². The Labute approximate surface area is 136 Å². The monoisotopic (exact) mass is 321 g/mol. The van der Waals surface area contributed by atoms with Gasteiger partial charge in [0.25, 0.3) is 5.54 Å². The molecule has 1 aromatic carbocycles. The number of benzene rings is 1. The number of carbonyl (C=O) groups is 2. The molecule has 1 aromatic rings. The number of rotatable bonds is 9. The Balaban J connectivity index is 3.04. The number of hydrogen-bond acceptors (Lipinski definition) is 5. The van der Waals surface area contributed by atoms with Crippen molar-refractivity contribution in [1.82, 2.24) is 0 Å². The molecule has 0 aliphatic heterocycles. The quantitative estimate of drug-likeness (QED) is 0.301. The molecule has 6 nitrogen and oxygen atoms in total. The molecule has 2 atom stereocenters. The number of nitrogens with zero attached hydrogens (tertiary/aromatic N) is 1. The third-order valence-corrected chi connectivity index (χ3v) is 3.77. The molecule has 1 rings (SSSR count). The van der Waals surface area contributed by atoms with Gasteiger partial charge in [-0.1, -0.05) is 50.1 Å². The van der Waals surface area contributed by atoms with E-state index in [4.69, 9.17) is 4.74 Å². The maximum atomic E-state index is 12.6. The van der Waals surface area contributed by atoms with Gasteiger partial charge < -0.3 is 4.74 Å². The maximum Gasteiger partial charge on any atom is 0.302 e. The highest BCUT2D eigenvalue weighted by molar-refractivity contribution is 6.02. The molecule has 0 saturated heterocycles.